The first-order chi connectivity index (χ1) is 15.7. The van der Waals surface area contributed by atoms with E-state index in [0.29, 0.717) is 5.56 Å². The van der Waals surface area contributed by atoms with Crippen molar-refractivity contribution in [1.82, 2.24) is 0 Å². The van der Waals surface area contributed by atoms with Crippen molar-refractivity contribution in [3.63, 3.8) is 0 Å². The number of benzene rings is 4. The largest absolute Gasteiger partial charge is 0.206 e. The molecule has 0 fully saturated rings. The molecule has 0 aromatic heterocycles. The Morgan fingerprint density at radius 1 is 0.545 bits per heavy atom. The van der Waals surface area contributed by atoms with E-state index in [9.17, 15) is 26.3 Å². The summed E-state index contributed by atoms with van der Waals surface area (Å²) in [6.45, 7) is 1.72. The topological polar surface area (TPSA) is 0 Å². The van der Waals surface area contributed by atoms with Gasteiger partial charge in [0.2, 0.25) is 0 Å². The minimum atomic E-state index is -1.58. The second kappa shape index (κ2) is 8.76. The van der Waals surface area contributed by atoms with Gasteiger partial charge in [0.25, 0.3) is 0 Å². The smallest absolute Gasteiger partial charge is 0.195 e. The standard InChI is InChI=1S/C27H12F6/c1-15-2-6-18(22(28)10-15)7-3-17-12-23(29)21(24(30)13-17)9-5-16-4-8-20-19(11-16)14-25(31)27(33)26(20)32/h2,4,6,8,10-14H,1H3. The lowest BCUT2D eigenvalue weighted by atomic mass is 10.1. The molecule has 4 aromatic carbocycles. The van der Waals surface area contributed by atoms with Crippen LogP contribution in [0.2, 0.25) is 0 Å². The Hall–Kier alpha value is -4.16. The van der Waals surface area contributed by atoms with E-state index in [1.165, 1.54) is 30.3 Å². The van der Waals surface area contributed by atoms with Crippen LogP contribution in [0.3, 0.4) is 0 Å². The van der Waals surface area contributed by atoms with Gasteiger partial charge >= 0.3 is 0 Å². The fraction of sp³-hybridized carbons (Fsp3) is 0.0370. The summed E-state index contributed by atoms with van der Waals surface area (Å²) in [5.41, 5.74) is 0.486. The Kier molecular flexibility index (Phi) is 5.85. The summed E-state index contributed by atoms with van der Waals surface area (Å²) in [4.78, 5) is 0. The van der Waals surface area contributed by atoms with Crippen LogP contribution in [0.1, 0.15) is 27.8 Å². The third-order valence-electron chi connectivity index (χ3n) is 4.81. The molecule has 0 atom stereocenters. The quantitative estimate of drug-likeness (QED) is 0.157. The number of halogens is 6. The van der Waals surface area contributed by atoms with Crippen molar-refractivity contribution in [3.05, 3.63) is 117 Å². The lowest BCUT2D eigenvalue weighted by Gasteiger charge is -2.03. The van der Waals surface area contributed by atoms with E-state index in [2.05, 4.69) is 23.7 Å². The molecule has 0 unspecified atom stereocenters. The van der Waals surface area contributed by atoms with Crippen LogP contribution in [0.4, 0.5) is 26.3 Å². The van der Waals surface area contributed by atoms with Crippen LogP contribution in [0.5, 0.6) is 0 Å². The van der Waals surface area contributed by atoms with E-state index in [-0.39, 0.29) is 27.5 Å². The second-order valence-electron chi connectivity index (χ2n) is 7.22. The van der Waals surface area contributed by atoms with Gasteiger partial charge in [-0.3, -0.25) is 0 Å². The normalized spacial score (nSPS) is 10.4. The molecule has 0 nitrogen and oxygen atoms in total. The van der Waals surface area contributed by atoms with E-state index < -0.39 is 40.5 Å². The van der Waals surface area contributed by atoms with Crippen LogP contribution in [0.25, 0.3) is 10.8 Å². The molecule has 0 spiro atoms. The summed E-state index contributed by atoms with van der Waals surface area (Å²) in [6.07, 6.45) is 0. The first kappa shape index (κ1) is 22.0. The van der Waals surface area contributed by atoms with E-state index in [1.54, 1.807) is 13.0 Å². The van der Waals surface area contributed by atoms with Crippen LogP contribution in [0, 0.1) is 65.5 Å². The first-order valence-electron chi connectivity index (χ1n) is 9.59. The molecule has 0 radical (unpaired) electrons. The zero-order chi connectivity index (χ0) is 23.7. The molecule has 0 bridgehead atoms. The number of hydrogen-bond donors (Lipinski definition) is 0. The highest BCUT2D eigenvalue weighted by Gasteiger charge is 2.13. The maximum absolute atomic E-state index is 14.4. The van der Waals surface area contributed by atoms with Crippen LogP contribution in [0.15, 0.2) is 54.6 Å². The second-order valence-corrected chi connectivity index (χ2v) is 7.22. The van der Waals surface area contributed by atoms with Gasteiger partial charge in [0.05, 0.1) is 11.1 Å². The summed E-state index contributed by atoms with van der Waals surface area (Å²) in [6, 6.07) is 11.0. The van der Waals surface area contributed by atoms with Crippen LogP contribution >= 0.6 is 0 Å². The molecule has 33 heavy (non-hydrogen) atoms. The number of aryl methyl sites for hydroxylation is 1. The maximum atomic E-state index is 14.4. The average molecular weight is 450 g/mol. The van der Waals surface area contributed by atoms with E-state index in [4.69, 9.17) is 0 Å². The van der Waals surface area contributed by atoms with E-state index >= 15 is 0 Å². The van der Waals surface area contributed by atoms with Crippen molar-refractivity contribution in [1.29, 1.82) is 0 Å². The molecule has 162 valence electrons. The van der Waals surface area contributed by atoms with E-state index in [0.717, 1.165) is 18.2 Å². The average Bonchev–Trinajstić information content (AvgIpc) is 2.76. The highest BCUT2D eigenvalue weighted by Crippen LogP contribution is 2.24. The van der Waals surface area contributed by atoms with Gasteiger partial charge in [-0.15, -0.1) is 0 Å². The number of hydrogen-bond acceptors (Lipinski definition) is 0. The minimum Gasteiger partial charge on any atom is -0.206 e. The minimum absolute atomic E-state index is 0.00536. The lowest BCUT2D eigenvalue weighted by molar-refractivity contribution is 0.453. The Labute approximate surface area is 185 Å². The molecule has 0 amide bonds. The molecule has 0 N–H and O–H groups in total. The van der Waals surface area contributed by atoms with Crippen molar-refractivity contribution in [2.24, 2.45) is 0 Å². The predicted molar refractivity (Wildman–Crippen MR) is 113 cm³/mol. The van der Waals surface area contributed by atoms with E-state index in [1.807, 2.05) is 0 Å². The molecule has 0 aliphatic rings. The van der Waals surface area contributed by atoms with Crippen molar-refractivity contribution in [3.8, 4) is 23.7 Å². The third-order valence-corrected chi connectivity index (χ3v) is 4.81. The molecule has 6 heteroatoms. The SMILES string of the molecule is Cc1ccc(C#Cc2cc(F)c(C#Cc3ccc4c(F)c(F)c(F)cc4c3)c(F)c2)c(F)c1. The molecule has 0 heterocycles. The highest BCUT2D eigenvalue weighted by molar-refractivity contribution is 5.84. The van der Waals surface area contributed by atoms with Crippen LogP contribution in [-0.4, -0.2) is 0 Å². The predicted octanol–water partition coefficient (Wildman–Crippen LogP) is 6.78. The van der Waals surface area contributed by atoms with Crippen LogP contribution in [-0.2, 0) is 0 Å². The van der Waals surface area contributed by atoms with Gasteiger partial charge in [0, 0.05) is 16.5 Å². The van der Waals surface area contributed by atoms with Crippen LogP contribution < -0.4 is 0 Å². The lowest BCUT2D eigenvalue weighted by Crippen LogP contribution is -1.94. The Balaban J connectivity index is 1.66. The first-order valence-corrected chi connectivity index (χ1v) is 9.59. The molecule has 4 aromatic rings. The van der Waals surface area contributed by atoms with Gasteiger partial charge in [-0.05, 0) is 60.3 Å². The molecular formula is C27H12F6. The Morgan fingerprint density at radius 2 is 1.24 bits per heavy atom. The van der Waals surface area contributed by atoms with Gasteiger partial charge in [0.1, 0.15) is 17.5 Å². The summed E-state index contributed by atoms with van der Waals surface area (Å²) in [5, 5.41) is -0.0992. The summed E-state index contributed by atoms with van der Waals surface area (Å²) in [7, 11) is 0. The summed E-state index contributed by atoms with van der Waals surface area (Å²) < 4.78 is 83.4. The van der Waals surface area contributed by atoms with Gasteiger partial charge in [-0.1, -0.05) is 35.8 Å². The molecule has 0 saturated heterocycles. The van der Waals surface area contributed by atoms with Gasteiger partial charge in [-0.25, -0.2) is 26.3 Å². The fourth-order valence-corrected chi connectivity index (χ4v) is 3.14. The summed E-state index contributed by atoms with van der Waals surface area (Å²) >= 11 is 0. The number of fused-ring (bicyclic) bond motifs is 1. The highest BCUT2D eigenvalue weighted by atomic mass is 19.2. The molecule has 4 rings (SSSR count). The van der Waals surface area contributed by atoms with Gasteiger partial charge in [0.15, 0.2) is 17.5 Å². The van der Waals surface area contributed by atoms with Gasteiger partial charge in [-0.2, -0.15) is 0 Å². The molecule has 0 saturated carbocycles. The third kappa shape index (κ3) is 4.56. The monoisotopic (exact) mass is 450 g/mol. The van der Waals surface area contributed by atoms with Crippen molar-refractivity contribution in [2.75, 3.05) is 0 Å². The van der Waals surface area contributed by atoms with Crippen molar-refractivity contribution >= 4 is 10.8 Å². The number of rotatable bonds is 0. The Morgan fingerprint density at radius 3 is 1.94 bits per heavy atom. The molecule has 0 aliphatic heterocycles. The molecule has 0 aliphatic carbocycles. The van der Waals surface area contributed by atoms with Gasteiger partial charge < -0.3 is 0 Å². The summed E-state index contributed by atoms with van der Waals surface area (Å²) in [5.74, 6) is 3.17. The fourth-order valence-electron chi connectivity index (χ4n) is 3.14. The van der Waals surface area contributed by atoms with Crippen molar-refractivity contribution < 1.29 is 26.3 Å². The Bertz CT molecular complexity index is 1520. The zero-order valence-corrected chi connectivity index (χ0v) is 17.0. The zero-order valence-electron chi connectivity index (χ0n) is 17.0. The molecular weight excluding hydrogens is 438 g/mol. The maximum Gasteiger partial charge on any atom is 0.195 e. The van der Waals surface area contributed by atoms with Crippen molar-refractivity contribution in [2.45, 2.75) is 6.92 Å².